The van der Waals surface area contributed by atoms with Crippen LogP contribution >= 0.6 is 0 Å². The minimum absolute atomic E-state index is 0.00403. The van der Waals surface area contributed by atoms with Gasteiger partial charge in [0.25, 0.3) is 5.91 Å². The number of amides is 1. The van der Waals surface area contributed by atoms with E-state index in [1.54, 1.807) is 12.3 Å². The quantitative estimate of drug-likeness (QED) is 0.748. The molecule has 0 atom stereocenters. The molecule has 28 heavy (non-hydrogen) atoms. The molecule has 1 N–H and O–H groups in total. The van der Waals surface area contributed by atoms with E-state index in [9.17, 15) is 4.79 Å². The van der Waals surface area contributed by atoms with E-state index >= 15 is 0 Å². The Hall–Kier alpha value is -3.02. The lowest BCUT2D eigenvalue weighted by Gasteiger charge is -2.31. The standard InChI is InChI=1S/C22H25N5O/c1-15(2)21-23-11-8-19(25-21)22(28)27-12-9-17(10-13-27)20-18(14-24-26-20)16-6-4-3-5-7-16/h3-8,11,14-15,17H,9-10,12-13H2,1-2H3,(H,24,26). The molecule has 0 spiro atoms. The molecule has 3 heterocycles. The molecule has 0 aliphatic carbocycles. The molecule has 4 rings (SSSR count). The van der Waals surface area contributed by atoms with Gasteiger partial charge < -0.3 is 4.90 Å². The largest absolute Gasteiger partial charge is 0.337 e. The topological polar surface area (TPSA) is 74.8 Å². The SMILES string of the molecule is CC(C)c1nccc(C(=O)N2CCC(c3[nH]ncc3-c3ccccc3)CC2)n1. The molecule has 144 valence electrons. The second kappa shape index (κ2) is 7.92. The molecule has 1 fully saturated rings. The number of hydrogen-bond acceptors (Lipinski definition) is 4. The number of rotatable bonds is 4. The molecule has 0 unspecified atom stereocenters. The normalized spacial score (nSPS) is 15.2. The van der Waals surface area contributed by atoms with Gasteiger partial charge in [0.2, 0.25) is 0 Å². The first-order valence-corrected chi connectivity index (χ1v) is 9.84. The third kappa shape index (κ3) is 3.67. The second-order valence-corrected chi connectivity index (χ2v) is 7.58. The highest BCUT2D eigenvalue weighted by atomic mass is 16.2. The monoisotopic (exact) mass is 375 g/mol. The van der Waals surface area contributed by atoms with Crippen molar-refractivity contribution in [3.8, 4) is 11.1 Å². The minimum Gasteiger partial charge on any atom is -0.337 e. The summed E-state index contributed by atoms with van der Waals surface area (Å²) in [5.41, 5.74) is 3.99. The van der Waals surface area contributed by atoms with Crippen molar-refractivity contribution in [3.05, 3.63) is 66.0 Å². The summed E-state index contributed by atoms with van der Waals surface area (Å²) >= 11 is 0. The van der Waals surface area contributed by atoms with Crippen LogP contribution in [0.1, 0.15) is 60.5 Å². The van der Waals surface area contributed by atoms with Crippen LogP contribution in [0.4, 0.5) is 0 Å². The Morgan fingerprint density at radius 2 is 1.89 bits per heavy atom. The van der Waals surface area contributed by atoms with E-state index in [1.807, 2.05) is 43.1 Å². The average Bonchev–Trinajstić information content (AvgIpc) is 3.24. The maximum absolute atomic E-state index is 12.9. The van der Waals surface area contributed by atoms with Crippen LogP contribution < -0.4 is 0 Å². The first-order chi connectivity index (χ1) is 13.6. The molecular weight excluding hydrogens is 350 g/mol. The number of carbonyl (C=O) groups is 1. The fourth-order valence-corrected chi connectivity index (χ4v) is 3.76. The van der Waals surface area contributed by atoms with Crippen molar-refractivity contribution in [1.29, 1.82) is 0 Å². The van der Waals surface area contributed by atoms with Gasteiger partial charge in [0, 0.05) is 42.4 Å². The minimum atomic E-state index is -0.00403. The summed E-state index contributed by atoms with van der Waals surface area (Å²) in [4.78, 5) is 23.5. The van der Waals surface area contributed by atoms with E-state index in [2.05, 4.69) is 32.3 Å². The van der Waals surface area contributed by atoms with Crippen LogP contribution in [-0.4, -0.2) is 44.1 Å². The molecule has 0 bridgehead atoms. The molecule has 1 amide bonds. The lowest BCUT2D eigenvalue weighted by Crippen LogP contribution is -2.38. The van der Waals surface area contributed by atoms with E-state index in [0.29, 0.717) is 17.4 Å². The molecular formula is C22H25N5O. The van der Waals surface area contributed by atoms with Crippen LogP contribution in [0.2, 0.25) is 0 Å². The summed E-state index contributed by atoms with van der Waals surface area (Å²) in [6.45, 7) is 5.50. The summed E-state index contributed by atoms with van der Waals surface area (Å²) in [6, 6.07) is 12.0. The number of aromatic nitrogens is 4. The number of nitrogens with zero attached hydrogens (tertiary/aromatic N) is 4. The number of nitrogens with one attached hydrogen (secondary N) is 1. The van der Waals surface area contributed by atoms with Gasteiger partial charge in [-0.3, -0.25) is 9.89 Å². The predicted octanol–water partition coefficient (Wildman–Crippen LogP) is 4.01. The van der Waals surface area contributed by atoms with Crippen LogP contribution in [0.15, 0.2) is 48.8 Å². The van der Waals surface area contributed by atoms with E-state index in [0.717, 1.165) is 31.5 Å². The lowest BCUT2D eigenvalue weighted by molar-refractivity contribution is 0.0705. The van der Waals surface area contributed by atoms with Crippen LogP contribution in [0.25, 0.3) is 11.1 Å². The number of piperidine rings is 1. The first-order valence-electron chi connectivity index (χ1n) is 9.84. The Morgan fingerprint density at radius 1 is 1.14 bits per heavy atom. The van der Waals surface area contributed by atoms with Crippen molar-refractivity contribution in [3.63, 3.8) is 0 Å². The lowest BCUT2D eigenvalue weighted by atomic mass is 9.89. The van der Waals surface area contributed by atoms with Gasteiger partial charge in [-0.05, 0) is 24.5 Å². The third-order valence-corrected chi connectivity index (χ3v) is 5.35. The zero-order valence-electron chi connectivity index (χ0n) is 16.3. The van der Waals surface area contributed by atoms with Crippen molar-refractivity contribution in [2.45, 2.75) is 38.5 Å². The Kier molecular flexibility index (Phi) is 5.19. The van der Waals surface area contributed by atoms with Gasteiger partial charge >= 0.3 is 0 Å². The van der Waals surface area contributed by atoms with Crippen LogP contribution in [0.3, 0.4) is 0 Å². The summed E-state index contributed by atoms with van der Waals surface area (Å²) in [7, 11) is 0. The van der Waals surface area contributed by atoms with Gasteiger partial charge in [0.1, 0.15) is 11.5 Å². The zero-order chi connectivity index (χ0) is 19.5. The van der Waals surface area contributed by atoms with Gasteiger partial charge in [-0.25, -0.2) is 9.97 Å². The number of benzene rings is 1. The molecule has 6 nitrogen and oxygen atoms in total. The Morgan fingerprint density at radius 3 is 2.61 bits per heavy atom. The molecule has 0 radical (unpaired) electrons. The zero-order valence-corrected chi connectivity index (χ0v) is 16.3. The highest BCUT2D eigenvalue weighted by molar-refractivity contribution is 5.92. The Labute approximate surface area is 165 Å². The van der Waals surface area contributed by atoms with Crippen molar-refractivity contribution >= 4 is 5.91 Å². The average molecular weight is 375 g/mol. The van der Waals surface area contributed by atoms with Crippen LogP contribution in [0.5, 0.6) is 0 Å². The van der Waals surface area contributed by atoms with Gasteiger partial charge in [0.05, 0.1) is 6.20 Å². The van der Waals surface area contributed by atoms with Crippen LogP contribution in [-0.2, 0) is 0 Å². The fourth-order valence-electron chi connectivity index (χ4n) is 3.76. The Bertz CT molecular complexity index is 942. The van der Waals surface area contributed by atoms with E-state index in [1.165, 1.54) is 11.3 Å². The molecule has 0 saturated carbocycles. The van der Waals surface area contributed by atoms with E-state index in [-0.39, 0.29) is 11.8 Å². The van der Waals surface area contributed by atoms with Gasteiger partial charge in [0.15, 0.2) is 0 Å². The fraction of sp³-hybridized carbons (Fsp3) is 0.364. The predicted molar refractivity (Wildman–Crippen MR) is 108 cm³/mol. The van der Waals surface area contributed by atoms with Crippen molar-refractivity contribution in [2.75, 3.05) is 13.1 Å². The number of hydrogen-bond donors (Lipinski definition) is 1. The van der Waals surface area contributed by atoms with E-state index in [4.69, 9.17) is 0 Å². The van der Waals surface area contributed by atoms with Crippen LogP contribution in [0, 0.1) is 0 Å². The molecule has 6 heteroatoms. The molecule has 2 aromatic heterocycles. The summed E-state index contributed by atoms with van der Waals surface area (Å²) in [5.74, 6) is 1.29. The molecule has 1 aliphatic rings. The van der Waals surface area contributed by atoms with Gasteiger partial charge in [-0.2, -0.15) is 5.10 Å². The van der Waals surface area contributed by atoms with Gasteiger partial charge in [-0.15, -0.1) is 0 Å². The van der Waals surface area contributed by atoms with E-state index < -0.39 is 0 Å². The number of H-pyrrole nitrogens is 1. The number of aromatic amines is 1. The smallest absolute Gasteiger partial charge is 0.272 e. The number of carbonyl (C=O) groups excluding carboxylic acids is 1. The maximum atomic E-state index is 12.9. The molecule has 1 aliphatic heterocycles. The van der Waals surface area contributed by atoms with Crippen molar-refractivity contribution in [2.24, 2.45) is 0 Å². The summed E-state index contributed by atoms with van der Waals surface area (Å²) < 4.78 is 0. The number of likely N-dealkylation sites (tertiary alicyclic amines) is 1. The second-order valence-electron chi connectivity index (χ2n) is 7.58. The van der Waals surface area contributed by atoms with Crippen molar-refractivity contribution < 1.29 is 4.79 Å². The first kappa shape index (κ1) is 18.3. The summed E-state index contributed by atoms with van der Waals surface area (Å²) in [6.07, 6.45) is 5.40. The van der Waals surface area contributed by atoms with Gasteiger partial charge in [-0.1, -0.05) is 44.2 Å². The maximum Gasteiger partial charge on any atom is 0.272 e. The molecule has 3 aromatic rings. The summed E-state index contributed by atoms with van der Waals surface area (Å²) in [5, 5.41) is 7.47. The highest BCUT2D eigenvalue weighted by Crippen LogP contribution is 2.34. The molecule has 1 aromatic carbocycles. The van der Waals surface area contributed by atoms with Crippen molar-refractivity contribution in [1.82, 2.24) is 25.1 Å². The Balaban J connectivity index is 1.45. The highest BCUT2D eigenvalue weighted by Gasteiger charge is 2.28. The molecule has 1 saturated heterocycles. The third-order valence-electron chi connectivity index (χ3n) is 5.35.